The van der Waals surface area contributed by atoms with Crippen LogP contribution in [0.4, 0.5) is 0 Å². The van der Waals surface area contributed by atoms with E-state index in [1.165, 1.54) is 11.3 Å². The van der Waals surface area contributed by atoms with Gasteiger partial charge in [-0.3, -0.25) is 4.90 Å². The number of aromatic hydroxyl groups is 1. The molecule has 0 radical (unpaired) electrons. The number of rotatable bonds is 4. The van der Waals surface area contributed by atoms with Gasteiger partial charge in [-0.1, -0.05) is 46.3 Å². The van der Waals surface area contributed by atoms with Crippen LogP contribution in [-0.2, 0) is 11.2 Å². The van der Waals surface area contributed by atoms with E-state index in [0.29, 0.717) is 13.2 Å². The van der Waals surface area contributed by atoms with Crippen molar-refractivity contribution in [2.24, 2.45) is 0 Å². The van der Waals surface area contributed by atoms with Crippen molar-refractivity contribution in [2.45, 2.75) is 19.4 Å². The topological polar surface area (TPSA) is 62.9 Å². The molecule has 2 aromatic heterocycles. The van der Waals surface area contributed by atoms with Gasteiger partial charge in [0.1, 0.15) is 0 Å². The van der Waals surface area contributed by atoms with Crippen LogP contribution in [0.15, 0.2) is 28.7 Å². The predicted molar refractivity (Wildman–Crippen MR) is 100 cm³/mol. The minimum Gasteiger partial charge on any atom is -0.492 e. The van der Waals surface area contributed by atoms with Crippen LogP contribution in [0.3, 0.4) is 0 Å². The quantitative estimate of drug-likeness (QED) is 0.698. The fourth-order valence-corrected chi connectivity index (χ4v) is 4.71. The van der Waals surface area contributed by atoms with Gasteiger partial charge < -0.3 is 9.84 Å². The molecule has 4 rings (SSSR count). The van der Waals surface area contributed by atoms with Crippen LogP contribution in [-0.4, -0.2) is 50.9 Å². The zero-order valence-corrected chi connectivity index (χ0v) is 16.3. The summed E-state index contributed by atoms with van der Waals surface area (Å²) >= 11 is 5.06. The lowest BCUT2D eigenvalue weighted by Gasteiger charge is -2.34. The molecule has 1 fully saturated rings. The maximum atomic E-state index is 10.8. The summed E-state index contributed by atoms with van der Waals surface area (Å²) in [4.78, 5) is 8.46. The number of thiazole rings is 1. The van der Waals surface area contributed by atoms with E-state index >= 15 is 0 Å². The number of aryl methyl sites for hydroxylation is 1. The van der Waals surface area contributed by atoms with Crippen LogP contribution in [0.25, 0.3) is 4.96 Å². The van der Waals surface area contributed by atoms with Gasteiger partial charge in [0.2, 0.25) is 10.8 Å². The fraction of sp³-hybridized carbons (Fsp3) is 0.412. The molecule has 1 saturated heterocycles. The van der Waals surface area contributed by atoms with Crippen LogP contribution in [0.1, 0.15) is 29.2 Å². The van der Waals surface area contributed by atoms with Crippen molar-refractivity contribution in [1.29, 1.82) is 0 Å². The maximum Gasteiger partial charge on any atom is 0.230 e. The molecule has 0 saturated carbocycles. The van der Waals surface area contributed by atoms with E-state index in [2.05, 4.69) is 43.0 Å². The smallest absolute Gasteiger partial charge is 0.230 e. The lowest BCUT2D eigenvalue weighted by molar-refractivity contribution is 0.0241. The number of hydrogen-bond acceptors (Lipinski definition) is 6. The van der Waals surface area contributed by atoms with Crippen LogP contribution in [0, 0.1) is 0 Å². The Morgan fingerprint density at radius 3 is 2.84 bits per heavy atom. The summed E-state index contributed by atoms with van der Waals surface area (Å²) in [5.41, 5.74) is 1.13. The number of ether oxygens (including phenoxy) is 1. The molecular weight excluding hydrogens is 404 g/mol. The number of fused-ring (bicyclic) bond motifs is 1. The summed E-state index contributed by atoms with van der Waals surface area (Å²) in [5.74, 6) is 0.933. The molecular formula is C17H19BrN4O2S. The van der Waals surface area contributed by atoms with E-state index in [4.69, 9.17) is 4.74 Å². The Balaban J connectivity index is 1.82. The van der Waals surface area contributed by atoms with E-state index < -0.39 is 0 Å². The van der Waals surface area contributed by atoms with Crippen LogP contribution >= 0.6 is 27.3 Å². The number of benzene rings is 1. The zero-order chi connectivity index (χ0) is 17.4. The highest BCUT2D eigenvalue weighted by Gasteiger charge is 2.30. The molecule has 1 aliphatic heterocycles. The normalized spacial score (nSPS) is 17.2. The van der Waals surface area contributed by atoms with Gasteiger partial charge in [0.05, 0.1) is 24.1 Å². The third-order valence-electron chi connectivity index (χ3n) is 4.38. The largest absolute Gasteiger partial charge is 0.492 e. The molecule has 0 spiro atoms. The first-order chi connectivity index (χ1) is 12.2. The molecule has 3 heterocycles. The van der Waals surface area contributed by atoms with Crippen LogP contribution in [0.2, 0.25) is 0 Å². The average Bonchev–Trinajstić information content (AvgIpc) is 3.16. The van der Waals surface area contributed by atoms with Gasteiger partial charge >= 0.3 is 0 Å². The Labute approximate surface area is 158 Å². The second-order valence-electron chi connectivity index (χ2n) is 5.97. The maximum absolute atomic E-state index is 10.8. The zero-order valence-electron chi connectivity index (χ0n) is 13.9. The Hall–Kier alpha value is -1.48. The molecule has 1 aromatic carbocycles. The minimum atomic E-state index is -0.0417. The highest BCUT2D eigenvalue weighted by atomic mass is 79.9. The molecule has 132 valence electrons. The highest BCUT2D eigenvalue weighted by Crippen LogP contribution is 2.40. The van der Waals surface area contributed by atoms with Crippen molar-refractivity contribution in [3.63, 3.8) is 0 Å². The third kappa shape index (κ3) is 3.19. The first-order valence-electron chi connectivity index (χ1n) is 8.32. The molecule has 0 bridgehead atoms. The molecule has 8 heteroatoms. The lowest BCUT2D eigenvalue weighted by Crippen LogP contribution is -2.39. The van der Waals surface area contributed by atoms with E-state index in [9.17, 15) is 5.11 Å². The molecule has 25 heavy (non-hydrogen) atoms. The summed E-state index contributed by atoms with van der Waals surface area (Å²) in [5, 5.41) is 15.2. The van der Waals surface area contributed by atoms with Gasteiger partial charge in [0.15, 0.2) is 5.82 Å². The first kappa shape index (κ1) is 17.0. The van der Waals surface area contributed by atoms with Crippen molar-refractivity contribution in [1.82, 2.24) is 19.5 Å². The lowest BCUT2D eigenvalue weighted by atomic mass is 10.0. The van der Waals surface area contributed by atoms with Crippen molar-refractivity contribution in [3.05, 3.63) is 45.0 Å². The minimum absolute atomic E-state index is 0.0417. The monoisotopic (exact) mass is 422 g/mol. The van der Waals surface area contributed by atoms with Gasteiger partial charge in [-0.2, -0.15) is 4.52 Å². The first-order valence-corrected chi connectivity index (χ1v) is 9.93. The van der Waals surface area contributed by atoms with Gasteiger partial charge in [-0.15, -0.1) is 5.10 Å². The van der Waals surface area contributed by atoms with Crippen molar-refractivity contribution < 1.29 is 9.84 Å². The molecule has 1 N–H and O–H groups in total. The number of aromatic nitrogens is 3. The summed E-state index contributed by atoms with van der Waals surface area (Å²) in [6.07, 6.45) is 0.752. The van der Waals surface area contributed by atoms with Gasteiger partial charge in [-0.05, 0) is 17.7 Å². The fourth-order valence-electron chi connectivity index (χ4n) is 3.16. The molecule has 0 aliphatic carbocycles. The summed E-state index contributed by atoms with van der Waals surface area (Å²) in [6.45, 7) is 5.06. The Morgan fingerprint density at radius 1 is 1.36 bits per heavy atom. The Bertz CT molecular complexity index is 888. The Morgan fingerprint density at radius 2 is 2.16 bits per heavy atom. The number of morpholine rings is 1. The third-order valence-corrected chi connectivity index (χ3v) is 5.95. The van der Waals surface area contributed by atoms with E-state index in [1.807, 2.05) is 19.1 Å². The standard InChI is InChI=1S/C17H19BrN4O2S/c1-2-13-19-17-22(20-13)16(23)15(25-17)14(21-6-8-24-9-7-21)11-4-3-5-12(18)10-11/h3-5,10,14,23H,2,6-9H2,1H3/t14-/m1/s1. The van der Waals surface area contributed by atoms with E-state index in [0.717, 1.165) is 45.2 Å². The second-order valence-corrected chi connectivity index (χ2v) is 7.90. The van der Waals surface area contributed by atoms with Crippen molar-refractivity contribution in [2.75, 3.05) is 26.3 Å². The number of hydrogen-bond donors (Lipinski definition) is 1. The second kappa shape index (κ2) is 7.03. The van der Waals surface area contributed by atoms with E-state index in [-0.39, 0.29) is 11.9 Å². The molecule has 6 nitrogen and oxygen atoms in total. The molecule has 3 aromatic rings. The number of nitrogens with zero attached hydrogens (tertiary/aromatic N) is 4. The summed E-state index contributed by atoms with van der Waals surface area (Å²) in [7, 11) is 0. The molecule has 1 aliphatic rings. The van der Waals surface area contributed by atoms with Crippen LogP contribution in [0.5, 0.6) is 5.88 Å². The van der Waals surface area contributed by atoms with Crippen molar-refractivity contribution >= 4 is 32.2 Å². The molecule has 1 atom stereocenters. The number of halogens is 1. The molecule has 0 unspecified atom stereocenters. The predicted octanol–water partition coefficient (Wildman–Crippen LogP) is 3.24. The van der Waals surface area contributed by atoms with Crippen molar-refractivity contribution in [3.8, 4) is 5.88 Å². The van der Waals surface area contributed by atoms with Crippen LogP contribution < -0.4 is 0 Å². The summed E-state index contributed by atoms with van der Waals surface area (Å²) < 4.78 is 8.09. The van der Waals surface area contributed by atoms with E-state index in [1.54, 1.807) is 4.52 Å². The van der Waals surface area contributed by atoms with Gasteiger partial charge in [0.25, 0.3) is 0 Å². The SMILES string of the molecule is CCc1nc2sc([C@@H](c3cccc(Br)c3)N3CCOCC3)c(O)n2n1. The van der Waals surface area contributed by atoms with Gasteiger partial charge in [-0.25, -0.2) is 4.98 Å². The summed E-state index contributed by atoms with van der Waals surface area (Å²) in [6, 6.07) is 8.19. The Kier molecular flexibility index (Phi) is 4.77. The highest BCUT2D eigenvalue weighted by molar-refractivity contribution is 9.10. The average molecular weight is 423 g/mol. The van der Waals surface area contributed by atoms with Gasteiger partial charge in [0, 0.05) is 24.0 Å². The molecule has 0 amide bonds.